The third-order valence-electron chi connectivity index (χ3n) is 4.44. The zero-order chi connectivity index (χ0) is 20.6. The number of hydrogen-bond donors (Lipinski definition) is 4. The first-order valence-electron chi connectivity index (χ1n) is 10.9. The maximum Gasteiger partial charge on any atom is 0.303 e. The van der Waals surface area contributed by atoms with Crippen LogP contribution in [0.2, 0.25) is 0 Å². The first kappa shape index (κ1) is 28.1. The van der Waals surface area contributed by atoms with Gasteiger partial charge in [-0.3, -0.25) is 9.59 Å². The fraction of sp³-hybridized carbons (Fsp3) is 0.905. The van der Waals surface area contributed by atoms with Gasteiger partial charge in [0, 0.05) is 12.8 Å². The summed E-state index contributed by atoms with van der Waals surface area (Å²) in [5.41, 5.74) is 10.7. The largest absolute Gasteiger partial charge is 0.481 e. The number of carboxylic acids is 2. The molecule has 0 radical (unpaired) electrons. The minimum absolute atomic E-state index is 0.287. The molecule has 6 heteroatoms. The number of aliphatic carboxylic acids is 2. The molecule has 0 spiro atoms. The molecule has 0 saturated carbocycles. The lowest BCUT2D eigenvalue weighted by Crippen LogP contribution is -1.99. The van der Waals surface area contributed by atoms with Crippen molar-refractivity contribution in [2.75, 3.05) is 13.1 Å². The van der Waals surface area contributed by atoms with Gasteiger partial charge in [0.1, 0.15) is 0 Å². The topological polar surface area (TPSA) is 127 Å². The van der Waals surface area contributed by atoms with Gasteiger partial charge in [0.05, 0.1) is 0 Å². The van der Waals surface area contributed by atoms with E-state index in [1.54, 1.807) is 0 Å². The van der Waals surface area contributed by atoms with Crippen molar-refractivity contribution < 1.29 is 19.8 Å². The number of hydrogen-bond acceptors (Lipinski definition) is 4. The Morgan fingerprint density at radius 1 is 0.444 bits per heavy atom. The van der Waals surface area contributed by atoms with Crippen LogP contribution in [-0.2, 0) is 9.59 Å². The highest BCUT2D eigenvalue weighted by Gasteiger charge is 1.98. The maximum absolute atomic E-state index is 10.2. The third-order valence-corrected chi connectivity index (χ3v) is 4.44. The Labute approximate surface area is 166 Å². The van der Waals surface area contributed by atoms with Crippen LogP contribution >= 0.6 is 0 Å². The van der Waals surface area contributed by atoms with E-state index in [2.05, 4.69) is 0 Å². The molecule has 0 aromatic rings. The molecule has 0 aromatic heterocycles. The molecule has 0 amide bonds. The molecule has 0 aromatic carbocycles. The molecule has 162 valence electrons. The van der Waals surface area contributed by atoms with Crippen molar-refractivity contribution in [1.29, 1.82) is 0 Å². The summed E-state index contributed by atoms with van der Waals surface area (Å²) in [5.74, 6) is -1.41. The van der Waals surface area contributed by atoms with Crippen LogP contribution in [0.5, 0.6) is 0 Å². The number of unbranched alkanes of at least 4 members (excludes halogenated alkanes) is 13. The van der Waals surface area contributed by atoms with Crippen molar-refractivity contribution in [3.63, 3.8) is 0 Å². The van der Waals surface area contributed by atoms with E-state index in [1.165, 1.54) is 57.8 Å². The summed E-state index contributed by atoms with van der Waals surface area (Å²) >= 11 is 0. The zero-order valence-electron chi connectivity index (χ0n) is 17.3. The lowest BCUT2D eigenvalue weighted by molar-refractivity contribution is -0.138. The molecule has 6 N–H and O–H groups in total. The smallest absolute Gasteiger partial charge is 0.303 e. The summed E-state index contributed by atoms with van der Waals surface area (Å²) in [7, 11) is 0. The highest BCUT2D eigenvalue weighted by Crippen LogP contribution is 2.11. The summed E-state index contributed by atoms with van der Waals surface area (Å²) < 4.78 is 0. The van der Waals surface area contributed by atoms with Gasteiger partial charge in [0.2, 0.25) is 0 Å². The van der Waals surface area contributed by atoms with Crippen molar-refractivity contribution in [3.05, 3.63) is 0 Å². The van der Waals surface area contributed by atoms with Gasteiger partial charge >= 0.3 is 11.9 Å². The minimum Gasteiger partial charge on any atom is -0.481 e. The number of carboxylic acid groups (broad SMARTS) is 2. The van der Waals surface area contributed by atoms with Crippen LogP contribution in [0.25, 0.3) is 0 Å². The second-order valence-electron chi connectivity index (χ2n) is 7.17. The van der Waals surface area contributed by atoms with Crippen LogP contribution in [0.4, 0.5) is 0 Å². The van der Waals surface area contributed by atoms with Gasteiger partial charge in [-0.15, -0.1) is 0 Å². The van der Waals surface area contributed by atoms with Crippen molar-refractivity contribution >= 4 is 11.9 Å². The van der Waals surface area contributed by atoms with E-state index in [4.69, 9.17) is 21.7 Å². The highest BCUT2D eigenvalue weighted by atomic mass is 16.4. The molecule has 0 unspecified atom stereocenters. The predicted octanol–water partition coefficient (Wildman–Crippen LogP) is 4.69. The average molecular weight is 389 g/mol. The summed E-state index contributed by atoms with van der Waals surface area (Å²) in [5, 5.41) is 16.9. The van der Waals surface area contributed by atoms with E-state index in [-0.39, 0.29) is 12.8 Å². The number of rotatable bonds is 19. The molecule has 0 heterocycles. The van der Waals surface area contributed by atoms with Gasteiger partial charge < -0.3 is 21.7 Å². The molecule has 0 saturated heterocycles. The number of nitrogens with two attached hydrogens (primary N) is 2. The van der Waals surface area contributed by atoms with E-state index in [9.17, 15) is 9.59 Å². The monoisotopic (exact) mass is 388 g/mol. The average Bonchev–Trinajstić information content (AvgIpc) is 2.62. The van der Waals surface area contributed by atoms with Crippen molar-refractivity contribution in [2.24, 2.45) is 11.5 Å². The Kier molecular flexibility index (Phi) is 25.8. The maximum atomic E-state index is 10.2. The Bertz CT molecular complexity index is 295. The molecular formula is C21H44N2O4. The van der Waals surface area contributed by atoms with Gasteiger partial charge in [0.15, 0.2) is 0 Å². The van der Waals surface area contributed by atoms with Crippen molar-refractivity contribution in [2.45, 2.75) is 109 Å². The summed E-state index contributed by atoms with van der Waals surface area (Å²) in [6.07, 6.45) is 17.5. The summed E-state index contributed by atoms with van der Waals surface area (Å²) in [6.45, 7) is 1.69. The van der Waals surface area contributed by atoms with Gasteiger partial charge in [-0.05, 0) is 38.8 Å². The molecule has 0 fully saturated rings. The molecule has 0 rings (SSSR count). The lowest BCUT2D eigenvalue weighted by atomic mass is 10.1. The van der Waals surface area contributed by atoms with E-state index in [0.717, 1.165) is 51.6 Å². The van der Waals surface area contributed by atoms with Crippen LogP contribution in [0, 0.1) is 0 Å². The zero-order valence-corrected chi connectivity index (χ0v) is 17.3. The standard InChI is InChI=1S/C13H24O4.C8H20N2/c14-12(15)10-8-6-4-2-1-3-5-7-9-11-13(16)17;9-7-5-3-1-2-4-6-8-10/h1-11H2,(H,14,15)(H,16,17);1-10H2. The van der Waals surface area contributed by atoms with E-state index in [1.807, 2.05) is 0 Å². The molecule has 0 aliphatic rings. The van der Waals surface area contributed by atoms with E-state index >= 15 is 0 Å². The van der Waals surface area contributed by atoms with Gasteiger partial charge in [-0.2, -0.15) is 0 Å². The first-order chi connectivity index (χ1) is 13.0. The van der Waals surface area contributed by atoms with Crippen LogP contribution in [0.3, 0.4) is 0 Å². The Morgan fingerprint density at radius 3 is 0.889 bits per heavy atom. The lowest BCUT2D eigenvalue weighted by Gasteiger charge is -2.01. The summed E-state index contributed by atoms with van der Waals surface area (Å²) in [6, 6.07) is 0. The first-order valence-corrected chi connectivity index (χ1v) is 10.9. The van der Waals surface area contributed by atoms with Gasteiger partial charge in [-0.25, -0.2) is 0 Å². The second-order valence-corrected chi connectivity index (χ2v) is 7.17. The molecule has 0 bridgehead atoms. The van der Waals surface area contributed by atoms with Crippen LogP contribution < -0.4 is 11.5 Å². The molecule has 0 aliphatic carbocycles. The predicted molar refractivity (Wildman–Crippen MR) is 112 cm³/mol. The van der Waals surface area contributed by atoms with Crippen molar-refractivity contribution in [3.8, 4) is 0 Å². The Morgan fingerprint density at radius 2 is 0.667 bits per heavy atom. The fourth-order valence-electron chi connectivity index (χ4n) is 2.79. The molecule has 0 aliphatic heterocycles. The van der Waals surface area contributed by atoms with E-state index < -0.39 is 11.9 Å². The normalized spacial score (nSPS) is 10.3. The molecule has 6 nitrogen and oxygen atoms in total. The van der Waals surface area contributed by atoms with E-state index in [0.29, 0.717) is 0 Å². The van der Waals surface area contributed by atoms with Crippen LogP contribution in [0.1, 0.15) is 109 Å². The highest BCUT2D eigenvalue weighted by molar-refractivity contribution is 5.66. The van der Waals surface area contributed by atoms with Crippen LogP contribution in [0.15, 0.2) is 0 Å². The van der Waals surface area contributed by atoms with Gasteiger partial charge in [-0.1, -0.05) is 70.6 Å². The summed E-state index contributed by atoms with van der Waals surface area (Å²) in [4.78, 5) is 20.5. The molecule has 27 heavy (non-hydrogen) atoms. The fourth-order valence-corrected chi connectivity index (χ4v) is 2.79. The molecular weight excluding hydrogens is 344 g/mol. The minimum atomic E-state index is -0.705. The van der Waals surface area contributed by atoms with Gasteiger partial charge in [0.25, 0.3) is 0 Å². The second kappa shape index (κ2) is 24.9. The number of carbonyl (C=O) groups is 2. The SMILES string of the molecule is NCCCCCCCCN.O=C(O)CCCCCCCCCCCC(=O)O. The Hall–Kier alpha value is -1.14. The Balaban J connectivity index is 0. The third kappa shape index (κ3) is 32.9. The molecule has 0 atom stereocenters. The van der Waals surface area contributed by atoms with Crippen molar-refractivity contribution in [1.82, 2.24) is 0 Å². The quantitative estimate of drug-likeness (QED) is 0.238. The van der Waals surface area contributed by atoms with Crippen LogP contribution in [-0.4, -0.2) is 35.2 Å².